The number of sulfonamides is 1. The van der Waals surface area contributed by atoms with Crippen molar-refractivity contribution in [3.8, 4) is 0 Å². The molecule has 37 heavy (non-hydrogen) atoms. The number of carbonyl (C=O) groups excluding carboxylic acids is 1. The van der Waals surface area contributed by atoms with Gasteiger partial charge in [0.05, 0.1) is 32.6 Å². The van der Waals surface area contributed by atoms with E-state index in [1.165, 1.54) is 24.4 Å². The number of non-ortho nitro benzene ring substituents is 2. The molecule has 0 bridgehead atoms. The molecule has 0 radical (unpaired) electrons. The van der Waals surface area contributed by atoms with E-state index in [2.05, 4.69) is 15.2 Å². The van der Waals surface area contributed by atoms with Gasteiger partial charge in [-0.3, -0.25) is 25.0 Å². The first kappa shape index (κ1) is 24.9. The van der Waals surface area contributed by atoms with Crippen LogP contribution in [0.2, 0.25) is 0 Å². The van der Waals surface area contributed by atoms with Crippen molar-refractivity contribution >= 4 is 50.0 Å². The third-order valence-corrected chi connectivity index (χ3v) is 6.42. The van der Waals surface area contributed by atoms with Crippen molar-refractivity contribution in [1.29, 1.82) is 0 Å². The quantitative estimate of drug-likeness (QED) is 0.199. The summed E-state index contributed by atoms with van der Waals surface area (Å²) in [5.41, 5.74) is -1.04. The Hall–Kier alpha value is -5.17. The van der Waals surface area contributed by atoms with Gasteiger partial charge in [0.25, 0.3) is 27.3 Å². The molecule has 0 unspecified atom stereocenters. The fraction of sp³-hybridized carbons (Fsp3) is 0. The van der Waals surface area contributed by atoms with Crippen LogP contribution in [-0.2, 0) is 10.0 Å². The van der Waals surface area contributed by atoms with Gasteiger partial charge in [-0.15, -0.1) is 0 Å². The molecule has 1 amide bonds. The molecule has 0 spiro atoms. The normalized spacial score (nSPS) is 11.4. The molecule has 13 heteroatoms. The molecule has 186 valence electrons. The molecule has 0 aliphatic heterocycles. The monoisotopic (exact) mass is 519 g/mol. The van der Waals surface area contributed by atoms with Gasteiger partial charge in [-0.05, 0) is 29.0 Å². The van der Waals surface area contributed by atoms with E-state index in [1.807, 2.05) is 12.1 Å². The summed E-state index contributed by atoms with van der Waals surface area (Å²) < 4.78 is 25.4. The van der Waals surface area contributed by atoms with Crippen LogP contribution in [0.15, 0.2) is 94.9 Å². The molecule has 0 aliphatic carbocycles. The predicted octanol–water partition coefficient (Wildman–Crippen LogP) is 4.22. The molecule has 0 saturated carbocycles. The van der Waals surface area contributed by atoms with E-state index in [9.17, 15) is 33.4 Å². The van der Waals surface area contributed by atoms with E-state index < -0.39 is 37.2 Å². The van der Waals surface area contributed by atoms with E-state index in [0.717, 1.165) is 29.0 Å². The lowest BCUT2D eigenvalue weighted by Gasteiger charge is -2.09. The highest BCUT2D eigenvalue weighted by molar-refractivity contribution is 7.89. The number of hydrogen-bond acceptors (Lipinski definition) is 8. The molecule has 0 atom stereocenters. The zero-order valence-electron chi connectivity index (χ0n) is 18.8. The smallest absolute Gasteiger partial charge is 0.277 e. The van der Waals surface area contributed by atoms with Crippen LogP contribution in [0, 0.1) is 20.2 Å². The Morgan fingerprint density at radius 3 is 2.11 bits per heavy atom. The second-order valence-corrected chi connectivity index (χ2v) is 9.32. The van der Waals surface area contributed by atoms with Gasteiger partial charge in [0.2, 0.25) is 0 Å². The molecule has 0 aromatic heterocycles. The number of hydrazone groups is 1. The Labute approximate surface area is 209 Å². The summed E-state index contributed by atoms with van der Waals surface area (Å²) in [5, 5.41) is 30.1. The Bertz CT molecular complexity index is 1650. The minimum Gasteiger partial charge on any atom is -0.321 e. The number of nitro benzene ring substituents is 2. The summed E-state index contributed by atoms with van der Waals surface area (Å²) in [6.07, 6.45) is 1.17. The first-order chi connectivity index (χ1) is 17.6. The first-order valence-corrected chi connectivity index (χ1v) is 12.0. The molecule has 4 aromatic carbocycles. The number of anilines is 1. The first-order valence-electron chi connectivity index (χ1n) is 10.5. The van der Waals surface area contributed by atoms with Gasteiger partial charge in [0, 0.05) is 23.4 Å². The number of rotatable bonds is 8. The van der Waals surface area contributed by atoms with Crippen LogP contribution >= 0.6 is 0 Å². The van der Waals surface area contributed by atoms with Gasteiger partial charge in [-0.1, -0.05) is 48.5 Å². The number of benzene rings is 4. The zero-order valence-corrected chi connectivity index (χ0v) is 19.6. The fourth-order valence-corrected chi connectivity index (χ4v) is 4.23. The minimum absolute atomic E-state index is 0.0113. The fourth-order valence-electron chi connectivity index (χ4n) is 3.41. The number of amides is 1. The highest BCUT2D eigenvalue weighted by Gasteiger charge is 2.20. The topological polar surface area (TPSA) is 174 Å². The van der Waals surface area contributed by atoms with Crippen molar-refractivity contribution in [1.82, 2.24) is 4.83 Å². The molecule has 0 fully saturated rings. The SMILES string of the molecule is O=C(Nc1ccccc1C=NNS(=O)(=O)c1ccc2ccccc2c1)c1cc([N+](=O)[O-])cc([N+](=O)[O-])c1. The summed E-state index contributed by atoms with van der Waals surface area (Å²) in [7, 11) is -3.99. The van der Waals surface area contributed by atoms with Crippen molar-refractivity contribution in [3.05, 3.63) is 116 Å². The number of nitrogens with zero attached hydrogens (tertiary/aromatic N) is 3. The van der Waals surface area contributed by atoms with Gasteiger partial charge in [-0.2, -0.15) is 13.5 Å². The zero-order chi connectivity index (χ0) is 26.6. The number of fused-ring (bicyclic) bond motifs is 1. The molecular weight excluding hydrogens is 502 g/mol. The Morgan fingerprint density at radius 1 is 0.811 bits per heavy atom. The van der Waals surface area contributed by atoms with Crippen LogP contribution < -0.4 is 10.1 Å². The Morgan fingerprint density at radius 2 is 1.43 bits per heavy atom. The summed E-state index contributed by atoms with van der Waals surface area (Å²) in [5.74, 6) is -0.843. The minimum atomic E-state index is -3.99. The summed E-state index contributed by atoms with van der Waals surface area (Å²) >= 11 is 0. The third kappa shape index (κ3) is 5.74. The maximum atomic E-state index is 12.7. The van der Waals surface area contributed by atoms with Gasteiger partial charge in [0.1, 0.15) is 0 Å². The second-order valence-electron chi connectivity index (χ2n) is 7.66. The number of nitro groups is 2. The van der Waals surface area contributed by atoms with Crippen LogP contribution in [0.3, 0.4) is 0 Å². The van der Waals surface area contributed by atoms with Gasteiger partial charge < -0.3 is 5.32 Å². The molecule has 0 saturated heterocycles. The molecular formula is C24H17N5O7S. The van der Waals surface area contributed by atoms with E-state index in [4.69, 9.17) is 0 Å². The molecule has 4 rings (SSSR count). The Balaban J connectivity index is 1.54. The average molecular weight is 519 g/mol. The predicted molar refractivity (Wildman–Crippen MR) is 136 cm³/mol. The lowest BCUT2D eigenvalue weighted by Crippen LogP contribution is -2.18. The maximum Gasteiger partial charge on any atom is 0.277 e. The number of para-hydroxylation sites is 1. The average Bonchev–Trinajstić information content (AvgIpc) is 2.89. The van der Waals surface area contributed by atoms with Crippen LogP contribution in [0.5, 0.6) is 0 Å². The van der Waals surface area contributed by atoms with Crippen molar-refractivity contribution < 1.29 is 23.1 Å². The van der Waals surface area contributed by atoms with Gasteiger partial charge in [0.15, 0.2) is 0 Å². The van der Waals surface area contributed by atoms with Crippen LogP contribution in [0.25, 0.3) is 10.8 Å². The van der Waals surface area contributed by atoms with E-state index in [1.54, 1.807) is 36.4 Å². The largest absolute Gasteiger partial charge is 0.321 e. The lowest BCUT2D eigenvalue weighted by atomic mass is 10.1. The summed E-state index contributed by atoms with van der Waals surface area (Å²) in [6.45, 7) is 0. The number of carbonyl (C=O) groups is 1. The van der Waals surface area contributed by atoms with Crippen LogP contribution in [-0.4, -0.2) is 30.4 Å². The van der Waals surface area contributed by atoms with Gasteiger partial charge >= 0.3 is 0 Å². The van der Waals surface area contributed by atoms with E-state index >= 15 is 0 Å². The van der Waals surface area contributed by atoms with Crippen molar-refractivity contribution in [2.24, 2.45) is 5.10 Å². The number of hydrogen-bond donors (Lipinski definition) is 2. The van der Waals surface area contributed by atoms with Crippen LogP contribution in [0.4, 0.5) is 17.1 Å². The van der Waals surface area contributed by atoms with Gasteiger partial charge in [-0.25, -0.2) is 4.83 Å². The van der Waals surface area contributed by atoms with Crippen molar-refractivity contribution in [3.63, 3.8) is 0 Å². The van der Waals surface area contributed by atoms with Crippen LogP contribution in [0.1, 0.15) is 15.9 Å². The highest BCUT2D eigenvalue weighted by Crippen LogP contribution is 2.24. The summed E-state index contributed by atoms with van der Waals surface area (Å²) in [6, 6.07) is 20.7. The molecule has 0 heterocycles. The number of nitrogens with one attached hydrogen (secondary N) is 2. The second kappa shape index (κ2) is 10.2. The molecule has 12 nitrogen and oxygen atoms in total. The maximum absolute atomic E-state index is 12.7. The van der Waals surface area contributed by atoms with E-state index in [-0.39, 0.29) is 16.1 Å². The van der Waals surface area contributed by atoms with Crippen molar-refractivity contribution in [2.75, 3.05) is 5.32 Å². The highest BCUT2D eigenvalue weighted by atomic mass is 32.2. The van der Waals surface area contributed by atoms with E-state index in [0.29, 0.717) is 5.56 Å². The standard InChI is InChI=1S/C24H17N5O7S/c30-24(19-11-20(28(31)32)14-21(12-19)29(33)34)26-23-8-4-3-7-18(23)15-25-27-37(35,36)22-10-9-16-5-1-2-6-17(16)13-22/h1-15,27H,(H,26,30). The lowest BCUT2D eigenvalue weighted by molar-refractivity contribution is -0.394. The molecule has 2 N–H and O–H groups in total. The summed E-state index contributed by atoms with van der Waals surface area (Å²) in [4.78, 5) is 35.4. The molecule has 0 aliphatic rings. The third-order valence-electron chi connectivity index (χ3n) is 5.20. The Kier molecular flexibility index (Phi) is 6.88. The van der Waals surface area contributed by atoms with Crippen molar-refractivity contribution in [2.45, 2.75) is 4.90 Å². The molecule has 4 aromatic rings.